The topological polar surface area (TPSA) is 152 Å². The highest BCUT2D eigenvalue weighted by molar-refractivity contribution is 9.11. The average molecular weight is 790 g/mol. The number of benzene rings is 4. The van der Waals surface area contributed by atoms with E-state index in [0.29, 0.717) is 38.6 Å². The fourth-order valence-electron chi connectivity index (χ4n) is 6.51. The summed E-state index contributed by atoms with van der Waals surface area (Å²) in [5.74, 6) is -0.852. The van der Waals surface area contributed by atoms with Crippen molar-refractivity contribution < 1.29 is 14.7 Å². The zero-order chi connectivity index (χ0) is 34.5. The number of carboxylic acid groups (broad SMARTS) is 1. The van der Waals surface area contributed by atoms with E-state index in [4.69, 9.17) is 11.5 Å². The van der Waals surface area contributed by atoms with Crippen LogP contribution in [0.15, 0.2) is 99.9 Å². The van der Waals surface area contributed by atoms with Crippen LogP contribution in [0.5, 0.6) is 0 Å². The van der Waals surface area contributed by atoms with Gasteiger partial charge in [-0.1, -0.05) is 60.7 Å². The predicted octanol–water partition coefficient (Wildman–Crippen LogP) is 6.50. The monoisotopic (exact) mass is 787 g/mol. The number of imidazole rings is 1. The van der Waals surface area contributed by atoms with Crippen LogP contribution in [0.1, 0.15) is 35.4 Å². The second-order valence-electron chi connectivity index (χ2n) is 12.4. The van der Waals surface area contributed by atoms with Crippen LogP contribution in [0.4, 0.5) is 16.2 Å². The minimum absolute atomic E-state index is 0.0396. The van der Waals surface area contributed by atoms with Crippen molar-refractivity contribution in [2.24, 2.45) is 5.73 Å². The predicted molar refractivity (Wildman–Crippen MR) is 200 cm³/mol. The number of carboxylic acids is 1. The van der Waals surface area contributed by atoms with Crippen molar-refractivity contribution in [1.29, 1.82) is 0 Å². The van der Waals surface area contributed by atoms with Crippen LogP contribution in [0.2, 0.25) is 0 Å². The Morgan fingerprint density at radius 2 is 1.59 bits per heavy atom. The number of piperidine rings is 1. The number of urea groups is 1. The zero-order valence-electron chi connectivity index (χ0n) is 26.9. The van der Waals surface area contributed by atoms with Crippen molar-refractivity contribution in [1.82, 2.24) is 19.8 Å². The molecule has 1 saturated heterocycles. The number of nitrogens with one attached hydrogen (secondary N) is 2. The molecule has 0 radical (unpaired) electrons. The van der Waals surface area contributed by atoms with E-state index in [-0.39, 0.29) is 12.5 Å². The number of rotatable bonds is 7. The van der Waals surface area contributed by atoms with Crippen molar-refractivity contribution in [2.45, 2.75) is 43.8 Å². The molecule has 2 aliphatic rings. The van der Waals surface area contributed by atoms with E-state index in [1.165, 1.54) is 5.56 Å². The van der Waals surface area contributed by atoms with Crippen LogP contribution in [0, 0.1) is 0 Å². The van der Waals surface area contributed by atoms with Gasteiger partial charge in [-0.05, 0) is 111 Å². The van der Waals surface area contributed by atoms with Crippen LogP contribution in [0.25, 0.3) is 11.0 Å². The molecule has 2 aliphatic heterocycles. The second kappa shape index (κ2) is 15.1. The quantitative estimate of drug-likeness (QED) is 0.118. The number of aliphatic carboxylic acids is 1. The molecule has 1 atom stereocenters. The minimum atomic E-state index is -1.75. The van der Waals surface area contributed by atoms with Gasteiger partial charge in [0.15, 0.2) is 5.54 Å². The van der Waals surface area contributed by atoms with Crippen molar-refractivity contribution in [2.75, 3.05) is 30.7 Å². The lowest BCUT2D eigenvalue weighted by Crippen LogP contribution is -2.49. The van der Waals surface area contributed by atoms with Crippen LogP contribution in [-0.4, -0.2) is 57.2 Å². The number of anilines is 2. The van der Waals surface area contributed by atoms with Crippen LogP contribution >= 0.6 is 31.9 Å². The number of nitrogens with zero attached hydrogens (tertiary/aromatic N) is 3. The summed E-state index contributed by atoms with van der Waals surface area (Å²) in [4.78, 5) is 31.5. The molecule has 0 spiro atoms. The summed E-state index contributed by atoms with van der Waals surface area (Å²) in [6, 6.07) is 29.5. The number of hydrogen-bond donors (Lipinski definition) is 5. The second-order valence-corrected chi connectivity index (χ2v) is 14.1. The summed E-state index contributed by atoms with van der Waals surface area (Å²) in [5, 5.41) is 16.6. The minimum Gasteiger partial charge on any atom is -0.480 e. The number of amides is 2. The van der Waals surface area contributed by atoms with Gasteiger partial charge in [-0.25, -0.2) is 14.6 Å². The normalized spacial score (nSPS) is 16.1. The molecule has 254 valence electrons. The van der Waals surface area contributed by atoms with Crippen molar-refractivity contribution in [3.05, 3.63) is 122 Å². The van der Waals surface area contributed by atoms with E-state index in [9.17, 15) is 14.7 Å². The molecule has 0 bridgehead atoms. The van der Waals surface area contributed by atoms with Gasteiger partial charge in [-0.3, -0.25) is 0 Å². The van der Waals surface area contributed by atoms with Gasteiger partial charge in [0.1, 0.15) is 5.82 Å². The molecular weight excluding hydrogens is 750 g/mol. The standard InChI is InChI=1S/C23H20Br2N4O2.C14H19N3O/c24-16-10-15(11-17(25)20(16)26)12-23(27,22(30)31)21-28-18-8-4-5-9-19(18)29(21)13-14-6-2-1-3-7-14;18-14-16-13-4-2-1-3-11(13)7-10-17(14)12-5-8-15-9-6-12/h1-11H,12-13,26-27H2,(H,30,31);1-4,12,15H,5-10H2,(H,16,18)/t23-;/m1./s1. The molecule has 7 N–H and O–H groups in total. The largest absolute Gasteiger partial charge is 0.480 e. The Balaban J connectivity index is 0.000000195. The maximum Gasteiger partial charge on any atom is 0.331 e. The molecule has 0 saturated carbocycles. The van der Waals surface area contributed by atoms with E-state index >= 15 is 0 Å². The van der Waals surface area contributed by atoms with Gasteiger partial charge >= 0.3 is 12.0 Å². The third-order valence-corrected chi connectivity index (χ3v) is 10.4. The van der Waals surface area contributed by atoms with Crippen molar-refractivity contribution in [3.8, 4) is 0 Å². The molecule has 4 aromatic carbocycles. The van der Waals surface area contributed by atoms with Crippen molar-refractivity contribution in [3.63, 3.8) is 0 Å². The highest BCUT2D eigenvalue weighted by atomic mass is 79.9. The zero-order valence-corrected chi connectivity index (χ0v) is 30.1. The molecule has 0 aliphatic carbocycles. The summed E-state index contributed by atoms with van der Waals surface area (Å²) >= 11 is 6.84. The lowest BCUT2D eigenvalue weighted by atomic mass is 9.90. The molecular formula is C37H39Br2N7O3. The van der Waals surface area contributed by atoms with Gasteiger partial charge in [0.2, 0.25) is 0 Å². The smallest absolute Gasteiger partial charge is 0.331 e. The number of para-hydroxylation sites is 3. The van der Waals surface area contributed by atoms with Gasteiger partial charge in [0.25, 0.3) is 0 Å². The number of fused-ring (bicyclic) bond motifs is 2. The number of nitrogens with two attached hydrogens (primary N) is 2. The number of hydrogen-bond acceptors (Lipinski definition) is 6. The highest BCUT2D eigenvalue weighted by Crippen LogP contribution is 2.34. The van der Waals surface area contributed by atoms with E-state index in [1.54, 1.807) is 12.1 Å². The first-order valence-corrected chi connectivity index (χ1v) is 17.8. The molecule has 0 unspecified atom stereocenters. The Morgan fingerprint density at radius 1 is 0.939 bits per heavy atom. The number of halogens is 2. The number of nitrogen functional groups attached to an aromatic ring is 1. The van der Waals surface area contributed by atoms with Gasteiger partial charge in [0.05, 0.1) is 16.7 Å². The Bertz CT molecular complexity index is 1940. The first-order valence-electron chi connectivity index (χ1n) is 16.3. The van der Waals surface area contributed by atoms with Crippen LogP contribution in [0.3, 0.4) is 0 Å². The molecule has 49 heavy (non-hydrogen) atoms. The molecule has 1 fully saturated rings. The van der Waals surface area contributed by atoms with E-state index in [0.717, 1.165) is 61.2 Å². The summed E-state index contributed by atoms with van der Waals surface area (Å²) in [6.07, 6.45) is 3.10. The Labute approximate surface area is 302 Å². The fourth-order valence-corrected chi connectivity index (χ4v) is 7.79. The van der Waals surface area contributed by atoms with Gasteiger partial charge < -0.3 is 36.7 Å². The van der Waals surface area contributed by atoms with Gasteiger partial charge in [-0.2, -0.15) is 0 Å². The first kappa shape index (κ1) is 34.6. The Morgan fingerprint density at radius 3 is 2.31 bits per heavy atom. The van der Waals surface area contributed by atoms with E-state index in [2.05, 4.69) is 53.5 Å². The fraction of sp³-hybridized carbons (Fsp3) is 0.270. The summed E-state index contributed by atoms with van der Waals surface area (Å²) in [7, 11) is 0. The third-order valence-electron chi connectivity index (χ3n) is 9.13. The first-order chi connectivity index (χ1) is 23.6. The Kier molecular flexibility index (Phi) is 10.7. The molecule has 7 rings (SSSR count). The maximum atomic E-state index is 12.5. The third kappa shape index (κ3) is 7.67. The van der Waals surface area contributed by atoms with Gasteiger partial charge in [0, 0.05) is 40.2 Å². The lowest BCUT2D eigenvalue weighted by Gasteiger charge is -2.33. The van der Waals surface area contributed by atoms with E-state index < -0.39 is 11.5 Å². The molecule has 10 nitrogen and oxygen atoms in total. The number of carbonyl (C=O) groups excluding carboxylic acids is 1. The molecule has 12 heteroatoms. The molecule has 1 aromatic heterocycles. The van der Waals surface area contributed by atoms with E-state index in [1.807, 2.05) is 82.3 Å². The molecule has 3 heterocycles. The summed E-state index contributed by atoms with van der Waals surface area (Å²) in [6.45, 7) is 3.31. The van der Waals surface area contributed by atoms with Crippen molar-refractivity contribution >= 4 is 66.3 Å². The van der Waals surface area contributed by atoms with Crippen LogP contribution < -0.4 is 22.1 Å². The average Bonchev–Trinajstić information content (AvgIpc) is 3.38. The van der Waals surface area contributed by atoms with Crippen LogP contribution in [-0.2, 0) is 29.7 Å². The highest BCUT2D eigenvalue weighted by Gasteiger charge is 2.41. The SMILES string of the molecule is Nc1c(Br)cc(C[C@](N)(C(=O)O)c2nc3ccccc3n2Cc2ccccc2)cc1Br.O=C1Nc2ccccc2CCN1C1CCNCC1. The number of carbonyl (C=O) groups is 2. The van der Waals surface area contributed by atoms with Gasteiger partial charge in [-0.15, -0.1) is 0 Å². The molecule has 2 amide bonds. The Hall–Kier alpha value is -4.23. The lowest BCUT2D eigenvalue weighted by molar-refractivity contribution is -0.144. The summed E-state index contributed by atoms with van der Waals surface area (Å²) in [5.41, 5.74) is 16.9. The molecule has 5 aromatic rings. The number of aromatic nitrogens is 2. The summed E-state index contributed by atoms with van der Waals surface area (Å²) < 4.78 is 3.23. The maximum absolute atomic E-state index is 12.5.